The van der Waals surface area contributed by atoms with Gasteiger partial charge in [-0.3, -0.25) is 4.99 Å². The zero-order valence-electron chi connectivity index (χ0n) is 22.1. The minimum atomic E-state index is 0.280. The number of aryl methyl sites for hydroxylation is 1. The van der Waals surface area contributed by atoms with E-state index in [9.17, 15) is 0 Å². The smallest absolute Gasteiger partial charge is 0.161 e. The highest BCUT2D eigenvalue weighted by molar-refractivity contribution is 6.30. The molecule has 0 spiro atoms. The third-order valence-corrected chi connectivity index (χ3v) is 7.88. The van der Waals surface area contributed by atoms with Gasteiger partial charge in [0.1, 0.15) is 6.61 Å². The van der Waals surface area contributed by atoms with Crippen molar-refractivity contribution in [1.82, 2.24) is 0 Å². The summed E-state index contributed by atoms with van der Waals surface area (Å²) >= 11 is 5.97. The van der Waals surface area contributed by atoms with E-state index in [-0.39, 0.29) is 6.04 Å². The van der Waals surface area contributed by atoms with Gasteiger partial charge in [-0.1, -0.05) is 65.7 Å². The molecule has 3 atom stereocenters. The molecular weight excluding hydrogens is 504 g/mol. The summed E-state index contributed by atoms with van der Waals surface area (Å²) in [6, 6.07) is 29.1. The molecule has 4 nitrogen and oxygen atoms in total. The molecule has 1 aliphatic carbocycles. The highest BCUT2D eigenvalue weighted by Crippen LogP contribution is 2.50. The Kier molecular flexibility index (Phi) is 7.12. The second-order valence-electron chi connectivity index (χ2n) is 10.2. The minimum Gasteiger partial charge on any atom is -0.493 e. The van der Waals surface area contributed by atoms with Crippen LogP contribution in [-0.4, -0.2) is 13.3 Å². The summed E-state index contributed by atoms with van der Waals surface area (Å²) in [6.45, 7) is 2.60. The molecule has 0 unspecified atom stereocenters. The molecule has 4 aromatic carbocycles. The van der Waals surface area contributed by atoms with Gasteiger partial charge in [-0.2, -0.15) is 0 Å². The van der Waals surface area contributed by atoms with Crippen LogP contribution in [0.15, 0.2) is 102 Å². The fraction of sp³-hybridized carbons (Fsp3) is 0.206. The first kappa shape index (κ1) is 25.3. The summed E-state index contributed by atoms with van der Waals surface area (Å²) in [5, 5.41) is 4.53. The number of halogens is 1. The van der Waals surface area contributed by atoms with Crippen molar-refractivity contribution in [1.29, 1.82) is 0 Å². The number of benzene rings is 4. The van der Waals surface area contributed by atoms with Gasteiger partial charge in [0.25, 0.3) is 0 Å². The average molecular weight is 535 g/mol. The number of allylic oxidation sites excluding steroid dienone is 2. The van der Waals surface area contributed by atoms with Crippen LogP contribution >= 0.6 is 11.6 Å². The third-order valence-electron chi connectivity index (χ3n) is 7.63. The monoisotopic (exact) mass is 534 g/mol. The zero-order chi connectivity index (χ0) is 26.8. The van der Waals surface area contributed by atoms with E-state index >= 15 is 0 Å². The molecular formula is C34H31ClN2O2. The zero-order valence-corrected chi connectivity index (χ0v) is 22.9. The van der Waals surface area contributed by atoms with E-state index in [0.717, 1.165) is 23.2 Å². The maximum Gasteiger partial charge on any atom is 0.161 e. The van der Waals surface area contributed by atoms with Crippen molar-refractivity contribution in [3.05, 3.63) is 130 Å². The van der Waals surface area contributed by atoms with E-state index in [1.54, 1.807) is 7.11 Å². The Hall–Kier alpha value is -4.02. The summed E-state index contributed by atoms with van der Waals surface area (Å²) in [6.07, 6.45) is 7.67. The molecule has 2 aliphatic rings. The predicted molar refractivity (Wildman–Crippen MR) is 160 cm³/mol. The minimum absolute atomic E-state index is 0.280. The molecule has 0 aromatic heterocycles. The molecule has 196 valence electrons. The summed E-state index contributed by atoms with van der Waals surface area (Å²) in [7, 11) is 1.65. The molecule has 0 bridgehead atoms. The molecule has 0 fully saturated rings. The number of hydrogen-bond donors (Lipinski definition) is 1. The SMILES string of the molecule is COc1cc(C=Nc2ccc([C@@H]3Nc4ccc(C)cc4[C@H]4C=CC[C@H]43)cc2)ccc1OCc1ccc(Cl)cc1. The molecule has 4 aromatic rings. The predicted octanol–water partition coefficient (Wildman–Crippen LogP) is 8.81. The van der Waals surface area contributed by atoms with Gasteiger partial charge in [-0.25, -0.2) is 0 Å². The molecule has 0 saturated carbocycles. The number of fused-ring (bicyclic) bond motifs is 3. The lowest BCUT2D eigenvalue weighted by Crippen LogP contribution is -2.29. The second kappa shape index (κ2) is 11.0. The first-order chi connectivity index (χ1) is 19.1. The Morgan fingerprint density at radius 3 is 2.56 bits per heavy atom. The standard InChI is InChI=1S/C34H31ClN2O2/c1-22-6-16-31-30(18-22)28-4-3-5-29(28)34(37-31)25-10-14-27(15-11-25)36-20-24-9-17-32(33(19-24)38-2)39-21-23-7-12-26(35)13-8-23/h3-4,6-20,28-29,34,37H,5,21H2,1-2H3/t28-,29+,34-/m0/s1. The van der Waals surface area contributed by atoms with Crippen LogP contribution in [0.2, 0.25) is 5.02 Å². The van der Waals surface area contributed by atoms with Gasteiger partial charge in [0.15, 0.2) is 11.5 Å². The van der Waals surface area contributed by atoms with E-state index in [1.165, 1.54) is 22.4 Å². The summed E-state index contributed by atoms with van der Waals surface area (Å²) in [4.78, 5) is 4.72. The molecule has 6 rings (SSSR count). The molecule has 1 aliphatic heterocycles. The van der Waals surface area contributed by atoms with Gasteiger partial charge >= 0.3 is 0 Å². The third kappa shape index (κ3) is 5.43. The highest BCUT2D eigenvalue weighted by atomic mass is 35.5. The van der Waals surface area contributed by atoms with Gasteiger partial charge in [0.2, 0.25) is 0 Å². The molecule has 0 radical (unpaired) electrons. The lowest BCUT2D eigenvalue weighted by Gasteiger charge is -2.37. The number of nitrogens with one attached hydrogen (secondary N) is 1. The molecule has 1 heterocycles. The van der Waals surface area contributed by atoms with E-state index < -0.39 is 0 Å². The van der Waals surface area contributed by atoms with Gasteiger partial charge < -0.3 is 14.8 Å². The molecule has 0 amide bonds. The van der Waals surface area contributed by atoms with Gasteiger partial charge in [-0.05, 0) is 90.0 Å². The number of methoxy groups -OCH3 is 1. The number of rotatable bonds is 7. The van der Waals surface area contributed by atoms with E-state index in [4.69, 9.17) is 26.1 Å². The van der Waals surface area contributed by atoms with Crippen LogP contribution in [0, 0.1) is 12.8 Å². The number of hydrogen-bond acceptors (Lipinski definition) is 4. The summed E-state index contributed by atoms with van der Waals surface area (Å²) in [5.41, 5.74) is 8.16. The fourth-order valence-electron chi connectivity index (χ4n) is 5.59. The molecule has 39 heavy (non-hydrogen) atoms. The van der Waals surface area contributed by atoms with Gasteiger partial charge in [0.05, 0.1) is 18.8 Å². The Balaban J connectivity index is 1.14. The second-order valence-corrected chi connectivity index (χ2v) is 10.7. The van der Waals surface area contributed by atoms with Crippen molar-refractivity contribution in [2.24, 2.45) is 10.9 Å². The van der Waals surface area contributed by atoms with Crippen LogP contribution in [0.25, 0.3) is 0 Å². The Morgan fingerprint density at radius 2 is 1.77 bits per heavy atom. The highest BCUT2D eigenvalue weighted by Gasteiger charge is 2.37. The first-order valence-corrected chi connectivity index (χ1v) is 13.7. The Labute approximate surface area is 235 Å². The average Bonchev–Trinajstić information content (AvgIpc) is 3.46. The lowest BCUT2D eigenvalue weighted by molar-refractivity contribution is 0.284. The number of aliphatic imine (C=N–C) groups is 1. The van der Waals surface area contributed by atoms with Crippen molar-refractivity contribution in [3.63, 3.8) is 0 Å². The summed E-state index contributed by atoms with van der Waals surface area (Å²) < 4.78 is 11.6. The fourth-order valence-corrected chi connectivity index (χ4v) is 5.71. The maximum absolute atomic E-state index is 5.98. The Morgan fingerprint density at radius 1 is 0.949 bits per heavy atom. The van der Waals surface area contributed by atoms with Crippen LogP contribution in [0.1, 0.15) is 46.2 Å². The first-order valence-electron chi connectivity index (χ1n) is 13.3. The van der Waals surface area contributed by atoms with Crippen LogP contribution < -0.4 is 14.8 Å². The van der Waals surface area contributed by atoms with Crippen molar-refractivity contribution in [3.8, 4) is 11.5 Å². The van der Waals surface area contributed by atoms with E-state index in [0.29, 0.717) is 35.0 Å². The van der Waals surface area contributed by atoms with Crippen molar-refractivity contribution < 1.29 is 9.47 Å². The lowest BCUT2D eigenvalue weighted by atomic mass is 9.76. The number of nitrogens with zero attached hydrogens (tertiary/aromatic N) is 1. The quantitative estimate of drug-likeness (QED) is 0.190. The van der Waals surface area contributed by atoms with E-state index in [1.807, 2.05) is 48.7 Å². The largest absolute Gasteiger partial charge is 0.493 e. The normalized spacial score (nSPS) is 19.4. The Bertz CT molecular complexity index is 1530. The van der Waals surface area contributed by atoms with Crippen molar-refractivity contribution >= 4 is 29.2 Å². The van der Waals surface area contributed by atoms with Crippen LogP contribution in [0.4, 0.5) is 11.4 Å². The maximum atomic E-state index is 5.98. The molecule has 0 saturated heterocycles. The molecule has 5 heteroatoms. The topological polar surface area (TPSA) is 42.8 Å². The van der Waals surface area contributed by atoms with Crippen LogP contribution in [-0.2, 0) is 6.61 Å². The number of ether oxygens (including phenoxy) is 2. The van der Waals surface area contributed by atoms with E-state index in [2.05, 4.69) is 66.9 Å². The van der Waals surface area contributed by atoms with Crippen molar-refractivity contribution in [2.75, 3.05) is 12.4 Å². The number of anilines is 1. The molecule has 1 N–H and O–H groups in total. The van der Waals surface area contributed by atoms with Gasteiger partial charge in [-0.15, -0.1) is 0 Å². The summed E-state index contributed by atoms with van der Waals surface area (Å²) in [5.74, 6) is 2.35. The van der Waals surface area contributed by atoms with Crippen LogP contribution in [0.5, 0.6) is 11.5 Å². The van der Waals surface area contributed by atoms with Gasteiger partial charge in [0, 0.05) is 22.8 Å². The van der Waals surface area contributed by atoms with Crippen LogP contribution in [0.3, 0.4) is 0 Å². The van der Waals surface area contributed by atoms with Crippen molar-refractivity contribution in [2.45, 2.75) is 31.9 Å².